The summed E-state index contributed by atoms with van der Waals surface area (Å²) in [6, 6.07) is 22.1. The van der Waals surface area contributed by atoms with Crippen LogP contribution < -0.4 is 5.19 Å². The molecule has 0 aliphatic carbocycles. The summed E-state index contributed by atoms with van der Waals surface area (Å²) in [4.78, 5) is 6.30. The number of thiazole rings is 1. The minimum atomic E-state index is -1.60. The molecule has 5 rings (SSSR count). The molecule has 32 heavy (non-hydrogen) atoms. The highest BCUT2D eigenvalue weighted by atomic mass is 32.1. The van der Waals surface area contributed by atoms with Gasteiger partial charge < -0.3 is 4.40 Å². The van der Waals surface area contributed by atoms with Crippen LogP contribution in [0.4, 0.5) is 0 Å². The van der Waals surface area contributed by atoms with E-state index < -0.39 is 8.07 Å². The van der Waals surface area contributed by atoms with E-state index in [9.17, 15) is 0 Å². The van der Waals surface area contributed by atoms with E-state index in [1.54, 1.807) is 0 Å². The zero-order valence-corrected chi connectivity index (χ0v) is 21.5. The molecule has 0 unspecified atom stereocenters. The molecule has 3 aromatic heterocycles. The fourth-order valence-electron chi connectivity index (χ4n) is 4.57. The van der Waals surface area contributed by atoms with E-state index in [-0.39, 0.29) is 5.41 Å². The van der Waals surface area contributed by atoms with Gasteiger partial charge in [0, 0.05) is 18.0 Å². The number of rotatable bonds is 3. The molecule has 0 atom stereocenters. The van der Waals surface area contributed by atoms with Crippen molar-refractivity contribution in [3.63, 3.8) is 0 Å². The van der Waals surface area contributed by atoms with Crippen molar-refractivity contribution < 1.29 is 0 Å². The smallest absolute Gasteiger partial charge is 0.100 e. The number of hydrogen-bond donors (Lipinski definition) is 0. The normalized spacial score (nSPS) is 12.7. The van der Waals surface area contributed by atoms with E-state index >= 15 is 0 Å². The summed E-state index contributed by atoms with van der Waals surface area (Å²) in [7, 11) is -1.60. The van der Waals surface area contributed by atoms with Gasteiger partial charge in [0.1, 0.15) is 4.83 Å². The molecule has 0 N–H and O–H groups in total. The first-order valence-electron chi connectivity index (χ1n) is 11.2. The lowest BCUT2D eigenvalue weighted by Gasteiger charge is -2.27. The van der Waals surface area contributed by atoms with E-state index in [0.717, 1.165) is 5.69 Å². The van der Waals surface area contributed by atoms with Crippen LogP contribution in [-0.4, -0.2) is 17.5 Å². The molecule has 0 bridgehead atoms. The molecule has 0 saturated carbocycles. The molecule has 0 radical (unpaired) electrons. The van der Waals surface area contributed by atoms with Crippen molar-refractivity contribution >= 4 is 39.6 Å². The first-order chi connectivity index (χ1) is 15.1. The number of fused-ring (bicyclic) bond motifs is 3. The van der Waals surface area contributed by atoms with Gasteiger partial charge in [0.15, 0.2) is 0 Å². The highest BCUT2D eigenvalue weighted by Gasteiger charge is 2.26. The van der Waals surface area contributed by atoms with Gasteiger partial charge in [-0.3, -0.25) is 4.98 Å². The first kappa shape index (κ1) is 21.2. The average Bonchev–Trinajstić information content (AvgIpc) is 3.33. The van der Waals surface area contributed by atoms with E-state index in [2.05, 4.69) is 118 Å². The SMILES string of the molecule is CC(C)(C)c1ccccc1-c1cc(-c2cccc3c2sc2cccn23)ncc1[Si](C)(C)C. The molecular weight excluding hydrogens is 424 g/mol. The fraction of sp³-hybridized carbons (Fsp3) is 0.250. The second-order valence-corrected chi connectivity index (χ2v) is 16.7. The summed E-state index contributed by atoms with van der Waals surface area (Å²) in [5.41, 5.74) is 7.67. The van der Waals surface area contributed by atoms with Gasteiger partial charge >= 0.3 is 0 Å². The highest BCUT2D eigenvalue weighted by Crippen LogP contribution is 2.38. The lowest BCUT2D eigenvalue weighted by Crippen LogP contribution is -2.39. The topological polar surface area (TPSA) is 17.3 Å². The summed E-state index contributed by atoms with van der Waals surface area (Å²) in [5.74, 6) is 0. The summed E-state index contributed by atoms with van der Waals surface area (Å²) < 4.78 is 3.57. The maximum Gasteiger partial charge on any atom is 0.100 e. The zero-order valence-electron chi connectivity index (χ0n) is 19.7. The monoisotopic (exact) mass is 454 g/mol. The van der Waals surface area contributed by atoms with Gasteiger partial charge in [-0.25, -0.2) is 0 Å². The number of aromatic nitrogens is 2. The van der Waals surface area contributed by atoms with Gasteiger partial charge in [0.2, 0.25) is 0 Å². The van der Waals surface area contributed by atoms with Gasteiger partial charge in [-0.2, -0.15) is 0 Å². The zero-order chi connectivity index (χ0) is 22.7. The molecule has 3 heterocycles. The van der Waals surface area contributed by atoms with E-state index in [1.807, 2.05) is 11.3 Å². The van der Waals surface area contributed by atoms with Gasteiger partial charge in [-0.1, -0.05) is 76.8 Å². The first-order valence-corrected chi connectivity index (χ1v) is 15.6. The van der Waals surface area contributed by atoms with Crippen LogP contribution in [0.1, 0.15) is 26.3 Å². The van der Waals surface area contributed by atoms with Crippen molar-refractivity contribution in [2.75, 3.05) is 0 Å². The van der Waals surface area contributed by atoms with E-state index in [4.69, 9.17) is 4.98 Å². The lowest BCUT2D eigenvalue weighted by molar-refractivity contribution is 0.592. The highest BCUT2D eigenvalue weighted by molar-refractivity contribution is 7.24. The van der Waals surface area contributed by atoms with Gasteiger partial charge in [0.05, 0.1) is 24.0 Å². The minimum absolute atomic E-state index is 0.0735. The quantitative estimate of drug-likeness (QED) is 0.255. The Labute approximate surface area is 195 Å². The van der Waals surface area contributed by atoms with Crippen molar-refractivity contribution in [2.45, 2.75) is 45.8 Å². The maximum absolute atomic E-state index is 5.03. The van der Waals surface area contributed by atoms with Crippen molar-refractivity contribution in [1.29, 1.82) is 0 Å². The molecule has 0 fully saturated rings. The van der Waals surface area contributed by atoms with Crippen molar-refractivity contribution in [3.8, 4) is 22.4 Å². The molecular formula is C28H30N2SSi. The fourth-order valence-corrected chi connectivity index (χ4v) is 7.20. The Kier molecular flexibility index (Phi) is 4.91. The van der Waals surface area contributed by atoms with Crippen molar-refractivity contribution in [3.05, 3.63) is 78.6 Å². The Morgan fingerprint density at radius 1 is 0.844 bits per heavy atom. The Morgan fingerprint density at radius 2 is 1.59 bits per heavy atom. The molecule has 0 saturated heterocycles. The van der Waals surface area contributed by atoms with Crippen molar-refractivity contribution in [1.82, 2.24) is 9.38 Å². The largest absolute Gasteiger partial charge is 0.307 e. The third-order valence-corrected chi connectivity index (χ3v) is 9.37. The van der Waals surface area contributed by atoms with Crippen LogP contribution in [0.5, 0.6) is 0 Å². The minimum Gasteiger partial charge on any atom is -0.307 e. The predicted molar refractivity (Wildman–Crippen MR) is 143 cm³/mol. The van der Waals surface area contributed by atoms with Crippen LogP contribution in [-0.2, 0) is 5.41 Å². The summed E-state index contributed by atoms with van der Waals surface area (Å²) in [5, 5.41) is 1.42. The Morgan fingerprint density at radius 3 is 2.34 bits per heavy atom. The second-order valence-electron chi connectivity index (χ2n) is 10.6. The van der Waals surface area contributed by atoms with Crippen LogP contribution in [0.15, 0.2) is 73.1 Å². The predicted octanol–water partition coefficient (Wildman–Crippen LogP) is 7.73. The molecule has 0 aliphatic heterocycles. The molecule has 0 aliphatic rings. The third kappa shape index (κ3) is 3.52. The van der Waals surface area contributed by atoms with Gasteiger partial charge in [0.25, 0.3) is 0 Å². The lowest BCUT2D eigenvalue weighted by atomic mass is 9.82. The second kappa shape index (κ2) is 7.43. The molecule has 2 nitrogen and oxygen atoms in total. The number of pyridine rings is 1. The van der Waals surface area contributed by atoms with Crippen molar-refractivity contribution in [2.24, 2.45) is 0 Å². The van der Waals surface area contributed by atoms with Gasteiger partial charge in [-0.15, -0.1) is 11.3 Å². The average molecular weight is 455 g/mol. The van der Waals surface area contributed by atoms with E-state index in [1.165, 1.54) is 42.5 Å². The summed E-state index contributed by atoms with van der Waals surface area (Å²) in [6.07, 6.45) is 4.31. The van der Waals surface area contributed by atoms with Crippen LogP contribution >= 0.6 is 11.3 Å². The Balaban J connectivity index is 1.79. The van der Waals surface area contributed by atoms with E-state index in [0.29, 0.717) is 0 Å². The number of nitrogens with zero attached hydrogens (tertiary/aromatic N) is 2. The van der Waals surface area contributed by atoms with Gasteiger partial charge in [-0.05, 0) is 51.6 Å². The number of benzene rings is 2. The Bertz CT molecular complexity index is 1440. The molecule has 5 aromatic rings. The third-order valence-electron chi connectivity index (χ3n) is 6.18. The van der Waals surface area contributed by atoms with Crippen LogP contribution in [0.2, 0.25) is 19.6 Å². The Hall–Kier alpha value is -2.69. The van der Waals surface area contributed by atoms with Crippen LogP contribution in [0.3, 0.4) is 0 Å². The van der Waals surface area contributed by atoms with Crippen LogP contribution in [0, 0.1) is 0 Å². The molecule has 4 heteroatoms. The summed E-state index contributed by atoms with van der Waals surface area (Å²) in [6.45, 7) is 14.1. The molecule has 162 valence electrons. The molecule has 0 spiro atoms. The maximum atomic E-state index is 5.03. The summed E-state index contributed by atoms with van der Waals surface area (Å²) >= 11 is 1.84. The molecule has 0 amide bonds. The number of hydrogen-bond acceptors (Lipinski definition) is 2. The standard InChI is InChI=1S/C28H30N2SSi/c1-28(2,3)22-13-8-7-11-19(22)21-17-23(29-18-25(21)32(4,5)6)20-12-9-14-24-27(20)31-26-15-10-16-30(24)26/h7-18H,1-6H3. The van der Waals surface area contributed by atoms with Crippen LogP contribution in [0.25, 0.3) is 37.4 Å². The molecule has 2 aromatic carbocycles.